The maximum atomic E-state index is 11.9. The molecule has 0 radical (unpaired) electrons. The normalized spacial score (nSPS) is 15.4. The maximum Gasteiger partial charge on any atom is 0.238 e. The zero-order valence-electron chi connectivity index (χ0n) is 11.8. The van der Waals surface area contributed by atoms with Gasteiger partial charge in [0, 0.05) is 12.6 Å². The van der Waals surface area contributed by atoms with Crippen LogP contribution in [0.1, 0.15) is 40.5 Å². The van der Waals surface area contributed by atoms with Crippen LogP contribution in [0.5, 0.6) is 0 Å². The molecule has 2 atom stereocenters. The first kappa shape index (κ1) is 17.4. The Bertz CT molecular complexity index is 350. The van der Waals surface area contributed by atoms with Gasteiger partial charge < -0.3 is 11.1 Å². The first-order valence-electron chi connectivity index (χ1n) is 6.41. The lowest BCUT2D eigenvalue weighted by atomic mass is 10.1. The summed E-state index contributed by atoms with van der Waals surface area (Å²) in [6, 6.07) is -0.170. The zero-order valence-corrected chi connectivity index (χ0v) is 12.6. The highest BCUT2D eigenvalue weighted by Crippen LogP contribution is 2.06. The van der Waals surface area contributed by atoms with Gasteiger partial charge in [0.15, 0.2) is 9.84 Å². The highest BCUT2D eigenvalue weighted by molar-refractivity contribution is 7.92. The van der Waals surface area contributed by atoms with Gasteiger partial charge in [0.25, 0.3) is 0 Å². The van der Waals surface area contributed by atoms with Gasteiger partial charge in [-0.05, 0) is 32.6 Å². The summed E-state index contributed by atoms with van der Waals surface area (Å²) >= 11 is 0. The molecular formula is C12H26N2O3S. The molecule has 0 saturated carbocycles. The van der Waals surface area contributed by atoms with Crippen LogP contribution in [0.4, 0.5) is 0 Å². The van der Waals surface area contributed by atoms with Crippen LogP contribution in [0.25, 0.3) is 0 Å². The minimum atomic E-state index is -3.40. The summed E-state index contributed by atoms with van der Waals surface area (Å²) in [6.07, 6.45) is 1.23. The van der Waals surface area contributed by atoms with Crippen molar-refractivity contribution in [2.75, 3.05) is 12.3 Å². The molecule has 0 rings (SSSR count). The minimum absolute atomic E-state index is 0.0383. The standard InChI is InChI=1S/C12H26N2O3S/c1-9(2)5-7-14-12(15)11(4)18(16,17)8-6-10(3)13/h9-11H,5-8,13H2,1-4H3,(H,14,15). The zero-order chi connectivity index (χ0) is 14.3. The van der Waals surface area contributed by atoms with E-state index in [2.05, 4.69) is 19.2 Å². The van der Waals surface area contributed by atoms with Crippen molar-refractivity contribution in [3.05, 3.63) is 0 Å². The second kappa shape index (κ2) is 7.74. The van der Waals surface area contributed by atoms with E-state index in [-0.39, 0.29) is 11.8 Å². The molecule has 108 valence electrons. The molecule has 3 N–H and O–H groups in total. The van der Waals surface area contributed by atoms with Gasteiger partial charge in [-0.25, -0.2) is 8.42 Å². The molecule has 5 nitrogen and oxygen atoms in total. The summed E-state index contributed by atoms with van der Waals surface area (Å²) in [7, 11) is -3.40. The van der Waals surface area contributed by atoms with E-state index >= 15 is 0 Å². The highest BCUT2D eigenvalue weighted by Gasteiger charge is 2.27. The van der Waals surface area contributed by atoms with Crippen LogP contribution in [-0.2, 0) is 14.6 Å². The maximum absolute atomic E-state index is 11.9. The summed E-state index contributed by atoms with van der Waals surface area (Å²) in [5, 5.41) is 1.66. The Balaban J connectivity index is 4.26. The Morgan fingerprint density at radius 2 is 1.72 bits per heavy atom. The third-order valence-electron chi connectivity index (χ3n) is 2.79. The number of carbonyl (C=O) groups is 1. The lowest BCUT2D eigenvalue weighted by molar-refractivity contribution is -0.120. The van der Waals surface area contributed by atoms with Crippen LogP contribution in [-0.4, -0.2) is 37.9 Å². The Kier molecular flexibility index (Phi) is 7.47. The van der Waals surface area contributed by atoms with Crippen molar-refractivity contribution in [3.8, 4) is 0 Å². The smallest absolute Gasteiger partial charge is 0.238 e. The number of nitrogens with two attached hydrogens (primary N) is 1. The molecule has 0 heterocycles. The Morgan fingerprint density at radius 1 is 1.17 bits per heavy atom. The summed E-state index contributed by atoms with van der Waals surface area (Å²) in [5.74, 6) is 0.0271. The van der Waals surface area contributed by atoms with E-state index < -0.39 is 21.0 Å². The number of sulfone groups is 1. The number of nitrogens with one attached hydrogen (secondary N) is 1. The summed E-state index contributed by atoms with van der Waals surface area (Å²) in [6.45, 7) is 7.80. The SMILES string of the molecule is CC(C)CCNC(=O)C(C)S(=O)(=O)CCC(C)N. The number of carbonyl (C=O) groups excluding carboxylic acids is 1. The van der Waals surface area contributed by atoms with Crippen LogP contribution in [0.15, 0.2) is 0 Å². The average Bonchev–Trinajstić information content (AvgIpc) is 2.24. The van der Waals surface area contributed by atoms with Crippen molar-refractivity contribution in [1.82, 2.24) is 5.32 Å². The molecule has 0 aliphatic heterocycles. The van der Waals surface area contributed by atoms with Crippen LogP contribution in [0, 0.1) is 5.92 Å². The minimum Gasteiger partial charge on any atom is -0.355 e. The van der Waals surface area contributed by atoms with E-state index in [0.717, 1.165) is 6.42 Å². The predicted octanol–water partition coefficient (Wildman–Crippen LogP) is 0.689. The van der Waals surface area contributed by atoms with Crippen molar-refractivity contribution in [3.63, 3.8) is 0 Å². The van der Waals surface area contributed by atoms with Gasteiger partial charge in [-0.15, -0.1) is 0 Å². The van der Waals surface area contributed by atoms with E-state index in [0.29, 0.717) is 18.9 Å². The molecule has 0 aliphatic carbocycles. The van der Waals surface area contributed by atoms with E-state index in [1.165, 1.54) is 6.92 Å². The van der Waals surface area contributed by atoms with Crippen LogP contribution < -0.4 is 11.1 Å². The largest absolute Gasteiger partial charge is 0.355 e. The fraction of sp³-hybridized carbons (Fsp3) is 0.917. The van der Waals surface area contributed by atoms with Crippen LogP contribution in [0.2, 0.25) is 0 Å². The fourth-order valence-electron chi connectivity index (χ4n) is 1.32. The van der Waals surface area contributed by atoms with Gasteiger partial charge in [-0.2, -0.15) is 0 Å². The Labute approximate surface area is 110 Å². The summed E-state index contributed by atoms with van der Waals surface area (Å²) in [5.41, 5.74) is 5.52. The quantitative estimate of drug-likeness (QED) is 0.683. The van der Waals surface area contributed by atoms with E-state index in [9.17, 15) is 13.2 Å². The third kappa shape index (κ3) is 6.96. The van der Waals surface area contributed by atoms with Crippen molar-refractivity contribution in [1.29, 1.82) is 0 Å². The lowest BCUT2D eigenvalue weighted by Gasteiger charge is -2.14. The molecule has 1 amide bonds. The van der Waals surface area contributed by atoms with Gasteiger partial charge in [-0.1, -0.05) is 13.8 Å². The average molecular weight is 278 g/mol. The van der Waals surface area contributed by atoms with Gasteiger partial charge in [0.05, 0.1) is 5.75 Å². The molecule has 0 fully saturated rings. The van der Waals surface area contributed by atoms with Gasteiger partial charge in [0.2, 0.25) is 5.91 Å². The fourth-order valence-corrected chi connectivity index (χ4v) is 2.78. The van der Waals surface area contributed by atoms with Crippen molar-refractivity contribution >= 4 is 15.7 Å². The van der Waals surface area contributed by atoms with Crippen LogP contribution in [0.3, 0.4) is 0 Å². The number of rotatable bonds is 8. The van der Waals surface area contributed by atoms with Gasteiger partial charge >= 0.3 is 0 Å². The molecule has 0 spiro atoms. The van der Waals surface area contributed by atoms with Crippen molar-refractivity contribution < 1.29 is 13.2 Å². The monoisotopic (exact) mass is 278 g/mol. The van der Waals surface area contributed by atoms with Crippen molar-refractivity contribution in [2.24, 2.45) is 11.7 Å². The number of amides is 1. The predicted molar refractivity (Wildman–Crippen MR) is 74.0 cm³/mol. The van der Waals surface area contributed by atoms with Crippen molar-refractivity contribution in [2.45, 2.75) is 51.8 Å². The number of hydrogen-bond acceptors (Lipinski definition) is 4. The summed E-state index contributed by atoms with van der Waals surface area (Å²) in [4.78, 5) is 11.7. The Hall–Kier alpha value is -0.620. The lowest BCUT2D eigenvalue weighted by Crippen LogP contribution is -2.40. The molecular weight excluding hydrogens is 252 g/mol. The highest BCUT2D eigenvalue weighted by atomic mass is 32.2. The Morgan fingerprint density at radius 3 is 2.17 bits per heavy atom. The van der Waals surface area contributed by atoms with Crippen LogP contribution >= 0.6 is 0 Å². The molecule has 0 aromatic heterocycles. The molecule has 0 aromatic carbocycles. The summed E-state index contributed by atoms with van der Waals surface area (Å²) < 4.78 is 23.7. The first-order valence-corrected chi connectivity index (χ1v) is 8.13. The van der Waals surface area contributed by atoms with E-state index in [1.54, 1.807) is 6.92 Å². The second-order valence-corrected chi connectivity index (χ2v) is 7.69. The topological polar surface area (TPSA) is 89.3 Å². The molecule has 0 aromatic rings. The van der Waals surface area contributed by atoms with E-state index in [1.807, 2.05) is 0 Å². The molecule has 0 aliphatic rings. The molecule has 18 heavy (non-hydrogen) atoms. The molecule has 2 unspecified atom stereocenters. The second-order valence-electron chi connectivity index (χ2n) is 5.25. The molecule has 0 bridgehead atoms. The molecule has 6 heteroatoms. The van der Waals surface area contributed by atoms with E-state index in [4.69, 9.17) is 5.73 Å². The first-order chi connectivity index (χ1) is 8.16. The van der Waals surface area contributed by atoms with Gasteiger partial charge in [-0.3, -0.25) is 4.79 Å². The number of hydrogen-bond donors (Lipinski definition) is 2. The molecule has 0 saturated heterocycles. The third-order valence-corrected chi connectivity index (χ3v) is 4.88. The van der Waals surface area contributed by atoms with Gasteiger partial charge in [0.1, 0.15) is 5.25 Å².